The first-order valence-electron chi connectivity index (χ1n) is 5.62. The SMILES string of the molecule is Cc1ncsc1CCOc1c(Br)cccc1CO. The summed E-state index contributed by atoms with van der Waals surface area (Å²) < 4.78 is 6.63. The Morgan fingerprint density at radius 2 is 2.28 bits per heavy atom. The monoisotopic (exact) mass is 327 g/mol. The van der Waals surface area contributed by atoms with Gasteiger partial charge >= 0.3 is 0 Å². The summed E-state index contributed by atoms with van der Waals surface area (Å²) in [5.41, 5.74) is 3.71. The van der Waals surface area contributed by atoms with E-state index in [0.717, 1.165) is 27.9 Å². The zero-order chi connectivity index (χ0) is 13.0. The van der Waals surface area contributed by atoms with Crippen molar-refractivity contribution in [3.05, 3.63) is 44.3 Å². The van der Waals surface area contributed by atoms with Gasteiger partial charge in [-0.15, -0.1) is 11.3 Å². The van der Waals surface area contributed by atoms with Crippen LogP contribution >= 0.6 is 27.3 Å². The van der Waals surface area contributed by atoms with Crippen molar-refractivity contribution in [1.82, 2.24) is 4.98 Å². The molecule has 0 saturated carbocycles. The molecular formula is C13H14BrNO2S. The van der Waals surface area contributed by atoms with Crippen LogP contribution in [0.1, 0.15) is 16.1 Å². The molecule has 1 heterocycles. The van der Waals surface area contributed by atoms with Gasteiger partial charge in [0.2, 0.25) is 0 Å². The Balaban J connectivity index is 2.00. The van der Waals surface area contributed by atoms with Crippen LogP contribution in [0, 0.1) is 6.92 Å². The number of aliphatic hydroxyl groups is 1. The maximum absolute atomic E-state index is 9.26. The number of hydrogen-bond acceptors (Lipinski definition) is 4. The largest absolute Gasteiger partial charge is 0.492 e. The van der Waals surface area contributed by atoms with Gasteiger partial charge in [-0.1, -0.05) is 12.1 Å². The van der Waals surface area contributed by atoms with E-state index in [4.69, 9.17) is 4.74 Å². The van der Waals surface area contributed by atoms with Crippen LogP contribution in [-0.4, -0.2) is 16.7 Å². The van der Waals surface area contributed by atoms with E-state index in [1.807, 2.05) is 30.6 Å². The minimum Gasteiger partial charge on any atom is -0.492 e. The number of aliphatic hydroxyl groups excluding tert-OH is 1. The third-order valence-electron chi connectivity index (χ3n) is 2.64. The van der Waals surface area contributed by atoms with Gasteiger partial charge in [0, 0.05) is 16.9 Å². The van der Waals surface area contributed by atoms with Crippen molar-refractivity contribution < 1.29 is 9.84 Å². The maximum atomic E-state index is 9.26. The normalized spacial score (nSPS) is 10.6. The topological polar surface area (TPSA) is 42.4 Å². The van der Waals surface area contributed by atoms with Crippen LogP contribution in [0.4, 0.5) is 0 Å². The Morgan fingerprint density at radius 1 is 1.44 bits per heavy atom. The highest BCUT2D eigenvalue weighted by molar-refractivity contribution is 9.10. The predicted octanol–water partition coefficient (Wildman–Crippen LogP) is 3.33. The average Bonchev–Trinajstić information content (AvgIpc) is 2.77. The summed E-state index contributed by atoms with van der Waals surface area (Å²) in [5.74, 6) is 0.724. The van der Waals surface area contributed by atoms with Gasteiger partial charge in [-0.2, -0.15) is 0 Å². The number of halogens is 1. The Bertz CT molecular complexity index is 527. The van der Waals surface area contributed by atoms with Crippen LogP contribution in [0.25, 0.3) is 0 Å². The molecule has 2 rings (SSSR count). The maximum Gasteiger partial charge on any atom is 0.138 e. The molecule has 0 spiro atoms. The molecule has 0 atom stereocenters. The number of hydrogen-bond donors (Lipinski definition) is 1. The van der Waals surface area contributed by atoms with Crippen LogP contribution < -0.4 is 4.74 Å². The van der Waals surface area contributed by atoms with E-state index in [0.29, 0.717) is 6.61 Å². The third kappa shape index (κ3) is 3.10. The summed E-state index contributed by atoms with van der Waals surface area (Å²) in [6, 6.07) is 5.65. The first-order valence-corrected chi connectivity index (χ1v) is 7.29. The zero-order valence-corrected chi connectivity index (χ0v) is 12.4. The molecule has 0 aliphatic carbocycles. The van der Waals surface area contributed by atoms with E-state index in [-0.39, 0.29) is 6.61 Å². The van der Waals surface area contributed by atoms with Gasteiger partial charge in [-0.3, -0.25) is 0 Å². The first kappa shape index (κ1) is 13.5. The fraction of sp³-hybridized carbons (Fsp3) is 0.308. The molecule has 1 aromatic heterocycles. The first-order chi connectivity index (χ1) is 8.72. The number of nitrogens with zero attached hydrogens (tertiary/aromatic N) is 1. The summed E-state index contributed by atoms with van der Waals surface area (Å²) in [6.07, 6.45) is 0.836. The predicted molar refractivity (Wildman–Crippen MR) is 76.1 cm³/mol. The van der Waals surface area contributed by atoms with Crippen molar-refractivity contribution in [3.8, 4) is 5.75 Å². The standard InChI is InChI=1S/C13H14BrNO2S/c1-9-12(18-8-15-9)5-6-17-13-10(7-16)3-2-4-11(13)14/h2-4,8,16H,5-7H2,1H3. The molecule has 2 aromatic rings. The van der Waals surface area contributed by atoms with Crippen LogP contribution in [0.5, 0.6) is 5.75 Å². The molecule has 96 valence electrons. The molecule has 0 aliphatic heterocycles. The van der Waals surface area contributed by atoms with Crippen LogP contribution in [-0.2, 0) is 13.0 Å². The fourth-order valence-electron chi connectivity index (χ4n) is 1.65. The zero-order valence-electron chi connectivity index (χ0n) is 10.0. The van der Waals surface area contributed by atoms with Crippen molar-refractivity contribution in [2.45, 2.75) is 20.0 Å². The minimum atomic E-state index is -0.0195. The van der Waals surface area contributed by atoms with Crippen LogP contribution in [0.15, 0.2) is 28.2 Å². The van der Waals surface area contributed by atoms with E-state index in [2.05, 4.69) is 20.9 Å². The van der Waals surface area contributed by atoms with Crippen molar-refractivity contribution in [2.24, 2.45) is 0 Å². The fourth-order valence-corrected chi connectivity index (χ4v) is 2.94. The lowest BCUT2D eigenvalue weighted by Crippen LogP contribution is -2.04. The van der Waals surface area contributed by atoms with Crippen molar-refractivity contribution >= 4 is 27.3 Å². The van der Waals surface area contributed by atoms with Gasteiger partial charge in [-0.25, -0.2) is 4.98 Å². The lowest BCUT2D eigenvalue weighted by atomic mass is 10.2. The molecule has 1 aromatic carbocycles. The summed E-state index contributed by atoms with van der Waals surface area (Å²) in [5, 5.41) is 9.26. The smallest absolute Gasteiger partial charge is 0.138 e. The number of aromatic nitrogens is 1. The van der Waals surface area contributed by atoms with Gasteiger partial charge in [0.05, 0.1) is 28.9 Å². The second kappa shape index (κ2) is 6.31. The minimum absolute atomic E-state index is 0.0195. The average molecular weight is 328 g/mol. The Morgan fingerprint density at radius 3 is 2.94 bits per heavy atom. The summed E-state index contributed by atoms with van der Waals surface area (Å²) in [4.78, 5) is 5.45. The van der Waals surface area contributed by atoms with Crippen molar-refractivity contribution in [2.75, 3.05) is 6.61 Å². The third-order valence-corrected chi connectivity index (χ3v) is 4.26. The summed E-state index contributed by atoms with van der Waals surface area (Å²) >= 11 is 5.08. The van der Waals surface area contributed by atoms with E-state index < -0.39 is 0 Å². The quantitative estimate of drug-likeness (QED) is 0.915. The lowest BCUT2D eigenvalue weighted by Gasteiger charge is -2.11. The highest BCUT2D eigenvalue weighted by Gasteiger charge is 2.08. The van der Waals surface area contributed by atoms with Crippen molar-refractivity contribution in [1.29, 1.82) is 0 Å². The molecule has 5 heteroatoms. The van der Waals surface area contributed by atoms with E-state index in [1.54, 1.807) is 11.3 Å². The van der Waals surface area contributed by atoms with E-state index in [9.17, 15) is 5.11 Å². The lowest BCUT2D eigenvalue weighted by molar-refractivity contribution is 0.263. The second-order valence-electron chi connectivity index (χ2n) is 3.85. The Labute approximate surface area is 119 Å². The van der Waals surface area contributed by atoms with Gasteiger partial charge < -0.3 is 9.84 Å². The number of ether oxygens (including phenoxy) is 1. The van der Waals surface area contributed by atoms with Crippen LogP contribution in [0.3, 0.4) is 0 Å². The van der Waals surface area contributed by atoms with Gasteiger partial charge in [-0.05, 0) is 28.9 Å². The second-order valence-corrected chi connectivity index (χ2v) is 5.64. The Kier molecular flexibility index (Phi) is 4.74. The highest BCUT2D eigenvalue weighted by atomic mass is 79.9. The van der Waals surface area contributed by atoms with Crippen LogP contribution in [0.2, 0.25) is 0 Å². The summed E-state index contributed by atoms with van der Waals surface area (Å²) in [6.45, 7) is 2.57. The number of benzene rings is 1. The number of para-hydroxylation sites is 1. The molecule has 0 aliphatic rings. The van der Waals surface area contributed by atoms with Gasteiger partial charge in [0.1, 0.15) is 5.75 Å². The van der Waals surface area contributed by atoms with E-state index in [1.165, 1.54) is 4.88 Å². The molecule has 0 amide bonds. The molecule has 0 unspecified atom stereocenters. The molecule has 0 fully saturated rings. The van der Waals surface area contributed by atoms with Gasteiger partial charge in [0.25, 0.3) is 0 Å². The molecule has 0 saturated heterocycles. The number of rotatable bonds is 5. The van der Waals surface area contributed by atoms with Crippen molar-refractivity contribution in [3.63, 3.8) is 0 Å². The van der Waals surface area contributed by atoms with Gasteiger partial charge in [0.15, 0.2) is 0 Å². The molecule has 0 radical (unpaired) electrons. The highest BCUT2D eigenvalue weighted by Crippen LogP contribution is 2.29. The molecule has 3 nitrogen and oxygen atoms in total. The Hall–Kier alpha value is -0.910. The summed E-state index contributed by atoms with van der Waals surface area (Å²) in [7, 11) is 0. The molecular weight excluding hydrogens is 314 g/mol. The van der Waals surface area contributed by atoms with E-state index >= 15 is 0 Å². The molecule has 1 N–H and O–H groups in total. The number of thiazole rings is 1. The molecule has 0 bridgehead atoms. The molecule has 18 heavy (non-hydrogen) atoms. The number of aryl methyl sites for hydroxylation is 1.